The van der Waals surface area contributed by atoms with Crippen LogP contribution < -0.4 is 16.0 Å². The molecule has 2 aromatic heterocycles. The summed E-state index contributed by atoms with van der Waals surface area (Å²) < 4.78 is 1.93. The SMILES string of the molecule is CCNC(=NCc1nnc2ccccn12)NCC1CC(=O)Nc2ccccc21. The third-order valence-electron chi connectivity index (χ3n) is 4.73. The number of aliphatic imine (C=N–C) groups is 1. The number of benzene rings is 1. The molecule has 1 amide bonds. The van der Waals surface area contributed by atoms with Gasteiger partial charge in [0.1, 0.15) is 6.54 Å². The quantitative estimate of drug-likeness (QED) is 0.466. The molecule has 0 saturated carbocycles. The molecule has 1 aliphatic heterocycles. The Kier molecular flexibility index (Phi) is 5.18. The predicted molar refractivity (Wildman–Crippen MR) is 108 cm³/mol. The van der Waals surface area contributed by atoms with E-state index in [1.165, 1.54) is 0 Å². The van der Waals surface area contributed by atoms with Crippen LogP contribution in [0.3, 0.4) is 0 Å². The molecule has 1 aliphatic rings. The number of anilines is 1. The highest BCUT2D eigenvalue weighted by molar-refractivity contribution is 5.94. The summed E-state index contributed by atoms with van der Waals surface area (Å²) in [6, 6.07) is 13.7. The van der Waals surface area contributed by atoms with Gasteiger partial charge in [0.25, 0.3) is 0 Å². The molecule has 144 valence electrons. The monoisotopic (exact) mass is 377 g/mol. The number of hydrogen-bond donors (Lipinski definition) is 3. The van der Waals surface area contributed by atoms with Gasteiger partial charge in [-0.15, -0.1) is 10.2 Å². The Bertz CT molecular complexity index is 1010. The molecule has 1 atom stereocenters. The molecule has 0 aliphatic carbocycles. The third kappa shape index (κ3) is 3.80. The zero-order valence-corrected chi connectivity index (χ0v) is 15.7. The van der Waals surface area contributed by atoms with E-state index in [1.54, 1.807) is 0 Å². The van der Waals surface area contributed by atoms with Gasteiger partial charge in [0.05, 0.1) is 0 Å². The van der Waals surface area contributed by atoms with E-state index in [0.29, 0.717) is 25.5 Å². The Morgan fingerprint density at radius 1 is 1.21 bits per heavy atom. The van der Waals surface area contributed by atoms with Gasteiger partial charge in [-0.2, -0.15) is 0 Å². The number of aromatic nitrogens is 3. The van der Waals surface area contributed by atoms with Crippen LogP contribution in [0.25, 0.3) is 5.65 Å². The van der Waals surface area contributed by atoms with Crippen LogP contribution in [0.5, 0.6) is 0 Å². The number of carbonyl (C=O) groups is 1. The molecule has 4 rings (SSSR count). The maximum Gasteiger partial charge on any atom is 0.225 e. The standard InChI is InChI=1S/C20H23N7O/c1-2-21-20(23-13-18-26-25-17-9-5-6-10-27(17)18)22-12-14-11-19(28)24-16-8-4-3-7-15(14)16/h3-10,14H,2,11-13H2,1H3,(H,24,28)(H2,21,22,23). The molecule has 3 heterocycles. The van der Waals surface area contributed by atoms with Crippen molar-refractivity contribution in [3.8, 4) is 0 Å². The van der Waals surface area contributed by atoms with Gasteiger partial charge >= 0.3 is 0 Å². The Labute approximate surface area is 163 Å². The summed E-state index contributed by atoms with van der Waals surface area (Å²) in [5, 5.41) is 17.9. The summed E-state index contributed by atoms with van der Waals surface area (Å²) in [7, 11) is 0. The van der Waals surface area contributed by atoms with Crippen LogP contribution in [0, 0.1) is 0 Å². The highest BCUT2D eigenvalue weighted by Gasteiger charge is 2.24. The van der Waals surface area contributed by atoms with Gasteiger partial charge in [0, 0.05) is 37.3 Å². The molecule has 8 nitrogen and oxygen atoms in total. The molecule has 3 N–H and O–H groups in total. The molecule has 0 saturated heterocycles. The van der Waals surface area contributed by atoms with Crippen LogP contribution in [0.2, 0.25) is 0 Å². The summed E-state index contributed by atoms with van der Waals surface area (Å²) in [6.07, 6.45) is 2.39. The third-order valence-corrected chi connectivity index (χ3v) is 4.73. The van der Waals surface area contributed by atoms with Crippen LogP contribution in [-0.2, 0) is 11.3 Å². The van der Waals surface area contributed by atoms with Gasteiger partial charge in [-0.25, -0.2) is 4.99 Å². The molecule has 3 aromatic rings. The summed E-state index contributed by atoms with van der Waals surface area (Å²) in [6.45, 7) is 3.79. The fraction of sp³-hybridized carbons (Fsp3) is 0.300. The maximum absolute atomic E-state index is 12.0. The lowest BCUT2D eigenvalue weighted by Crippen LogP contribution is -2.40. The molecule has 28 heavy (non-hydrogen) atoms. The van der Waals surface area contributed by atoms with Crippen molar-refractivity contribution >= 4 is 23.2 Å². The van der Waals surface area contributed by atoms with E-state index in [4.69, 9.17) is 0 Å². The minimum Gasteiger partial charge on any atom is -0.357 e. The number of carbonyl (C=O) groups excluding carboxylic acids is 1. The van der Waals surface area contributed by atoms with Crippen LogP contribution in [0.1, 0.15) is 30.7 Å². The average molecular weight is 377 g/mol. The summed E-state index contributed by atoms with van der Waals surface area (Å²) >= 11 is 0. The summed E-state index contributed by atoms with van der Waals surface area (Å²) in [4.78, 5) is 16.6. The fourth-order valence-electron chi connectivity index (χ4n) is 3.39. The minimum absolute atomic E-state index is 0.0439. The van der Waals surface area contributed by atoms with Crippen molar-refractivity contribution in [1.82, 2.24) is 25.2 Å². The topological polar surface area (TPSA) is 95.7 Å². The fourth-order valence-corrected chi connectivity index (χ4v) is 3.39. The van der Waals surface area contributed by atoms with Gasteiger partial charge < -0.3 is 16.0 Å². The van der Waals surface area contributed by atoms with Crippen molar-refractivity contribution in [1.29, 1.82) is 0 Å². The number of pyridine rings is 1. The van der Waals surface area contributed by atoms with Crippen LogP contribution >= 0.6 is 0 Å². The lowest BCUT2D eigenvalue weighted by atomic mass is 9.90. The van der Waals surface area contributed by atoms with Crippen molar-refractivity contribution < 1.29 is 4.79 Å². The van der Waals surface area contributed by atoms with Crippen molar-refractivity contribution in [3.05, 3.63) is 60.0 Å². The molecule has 1 aromatic carbocycles. The van der Waals surface area contributed by atoms with Crippen LogP contribution in [-0.4, -0.2) is 39.6 Å². The van der Waals surface area contributed by atoms with Gasteiger partial charge in [0.2, 0.25) is 5.91 Å². The van der Waals surface area contributed by atoms with E-state index in [2.05, 4.69) is 37.2 Å². The number of fused-ring (bicyclic) bond motifs is 2. The van der Waals surface area contributed by atoms with Gasteiger partial charge in [-0.05, 0) is 30.7 Å². The average Bonchev–Trinajstić information content (AvgIpc) is 3.13. The molecule has 0 spiro atoms. The molecular formula is C20H23N7O. The van der Waals surface area contributed by atoms with Crippen molar-refractivity contribution in [2.24, 2.45) is 4.99 Å². The van der Waals surface area contributed by atoms with Gasteiger partial charge in [-0.3, -0.25) is 9.20 Å². The number of guanidine groups is 1. The highest BCUT2D eigenvalue weighted by Crippen LogP contribution is 2.31. The second-order valence-corrected chi connectivity index (χ2v) is 6.66. The lowest BCUT2D eigenvalue weighted by Gasteiger charge is -2.26. The lowest BCUT2D eigenvalue weighted by molar-refractivity contribution is -0.116. The molecule has 1 unspecified atom stereocenters. The highest BCUT2D eigenvalue weighted by atomic mass is 16.1. The van der Waals surface area contributed by atoms with Crippen LogP contribution in [0.4, 0.5) is 5.69 Å². The first kappa shape index (κ1) is 18.0. The largest absolute Gasteiger partial charge is 0.357 e. The van der Waals surface area contributed by atoms with Crippen molar-refractivity contribution in [2.45, 2.75) is 25.8 Å². The first-order valence-electron chi connectivity index (χ1n) is 9.44. The number of amides is 1. The number of nitrogens with one attached hydrogen (secondary N) is 3. The Balaban J connectivity index is 1.47. The van der Waals surface area contributed by atoms with E-state index in [1.807, 2.05) is 53.9 Å². The Morgan fingerprint density at radius 3 is 2.96 bits per heavy atom. The smallest absolute Gasteiger partial charge is 0.225 e. The van der Waals surface area contributed by atoms with Crippen molar-refractivity contribution in [3.63, 3.8) is 0 Å². The zero-order valence-electron chi connectivity index (χ0n) is 15.7. The normalized spacial score (nSPS) is 16.5. The zero-order chi connectivity index (χ0) is 19.3. The molecule has 0 fully saturated rings. The first-order valence-corrected chi connectivity index (χ1v) is 9.44. The van der Waals surface area contributed by atoms with E-state index < -0.39 is 0 Å². The van der Waals surface area contributed by atoms with E-state index >= 15 is 0 Å². The molecule has 0 radical (unpaired) electrons. The Hall–Kier alpha value is -3.42. The molecular weight excluding hydrogens is 354 g/mol. The van der Waals surface area contributed by atoms with Crippen molar-refractivity contribution in [2.75, 3.05) is 18.4 Å². The molecule has 8 heteroatoms. The number of para-hydroxylation sites is 1. The minimum atomic E-state index is 0.0439. The summed E-state index contributed by atoms with van der Waals surface area (Å²) in [5.41, 5.74) is 2.84. The predicted octanol–water partition coefficient (Wildman–Crippen LogP) is 1.91. The van der Waals surface area contributed by atoms with Crippen LogP contribution in [0.15, 0.2) is 53.7 Å². The first-order chi connectivity index (χ1) is 13.7. The number of hydrogen-bond acceptors (Lipinski definition) is 4. The number of rotatable bonds is 5. The number of nitrogens with zero attached hydrogens (tertiary/aromatic N) is 4. The van der Waals surface area contributed by atoms with E-state index in [-0.39, 0.29) is 11.8 Å². The summed E-state index contributed by atoms with van der Waals surface area (Å²) in [5.74, 6) is 1.61. The Morgan fingerprint density at radius 2 is 2.07 bits per heavy atom. The van der Waals surface area contributed by atoms with E-state index in [9.17, 15) is 4.79 Å². The van der Waals surface area contributed by atoms with Gasteiger partial charge in [0.15, 0.2) is 17.4 Å². The van der Waals surface area contributed by atoms with E-state index in [0.717, 1.165) is 29.3 Å². The van der Waals surface area contributed by atoms with Gasteiger partial charge in [-0.1, -0.05) is 24.3 Å². The second kappa shape index (κ2) is 8.08. The second-order valence-electron chi connectivity index (χ2n) is 6.66. The maximum atomic E-state index is 12.0. The molecule has 0 bridgehead atoms.